The topological polar surface area (TPSA) is 45.5 Å². The number of hydrogen-bond donors (Lipinski definition) is 1. The van der Waals surface area contributed by atoms with E-state index >= 15 is 0 Å². The Hall–Kier alpha value is -2.22. The number of hydrogen-bond acceptors (Lipinski definition) is 4. The highest BCUT2D eigenvalue weighted by atomic mass is 79.9. The molecule has 2 heterocycles. The van der Waals surface area contributed by atoms with E-state index in [1.807, 2.05) is 16.6 Å². The summed E-state index contributed by atoms with van der Waals surface area (Å²) in [6, 6.07) is 18.8. The molecule has 2 aromatic carbocycles. The summed E-state index contributed by atoms with van der Waals surface area (Å²) >= 11 is 7.22. The van der Waals surface area contributed by atoms with Crippen LogP contribution >= 0.6 is 31.9 Å². The lowest BCUT2D eigenvalue weighted by Gasteiger charge is -2.18. The van der Waals surface area contributed by atoms with Gasteiger partial charge in [-0.2, -0.15) is 9.61 Å². The van der Waals surface area contributed by atoms with Crippen molar-refractivity contribution in [3.8, 4) is 11.3 Å². The van der Waals surface area contributed by atoms with Gasteiger partial charge < -0.3 is 10.2 Å². The van der Waals surface area contributed by atoms with E-state index in [1.54, 1.807) is 6.20 Å². The summed E-state index contributed by atoms with van der Waals surface area (Å²) in [5.41, 5.74) is 5.40. The highest BCUT2D eigenvalue weighted by Gasteiger charge is 2.12. The molecule has 0 aliphatic carbocycles. The summed E-state index contributed by atoms with van der Waals surface area (Å²) in [7, 11) is 2.16. The molecule has 0 radical (unpaired) electrons. The predicted molar refractivity (Wildman–Crippen MR) is 134 cm³/mol. The van der Waals surface area contributed by atoms with E-state index in [4.69, 9.17) is 4.98 Å². The van der Waals surface area contributed by atoms with Gasteiger partial charge in [-0.3, -0.25) is 0 Å². The van der Waals surface area contributed by atoms with Crippen LogP contribution in [0.2, 0.25) is 0 Å². The Balaban J connectivity index is 1.45. The molecule has 0 aliphatic heterocycles. The highest BCUT2D eigenvalue weighted by molar-refractivity contribution is 9.11. The minimum absolute atomic E-state index is 0.814. The lowest BCUT2D eigenvalue weighted by molar-refractivity contribution is 0.325. The second-order valence-corrected chi connectivity index (χ2v) is 9.39. The van der Waals surface area contributed by atoms with E-state index < -0.39 is 0 Å². The first kappa shape index (κ1) is 22.0. The lowest BCUT2D eigenvalue weighted by Crippen LogP contribution is -2.21. The van der Waals surface area contributed by atoms with Gasteiger partial charge in [-0.25, -0.2) is 4.98 Å². The quantitative estimate of drug-likeness (QED) is 0.271. The van der Waals surface area contributed by atoms with Gasteiger partial charge in [-0.05, 0) is 60.1 Å². The first-order valence-electron chi connectivity index (χ1n) is 10.3. The van der Waals surface area contributed by atoms with Crippen LogP contribution in [-0.4, -0.2) is 39.6 Å². The molecule has 5 nitrogen and oxygen atoms in total. The van der Waals surface area contributed by atoms with Gasteiger partial charge in [0.2, 0.25) is 0 Å². The summed E-state index contributed by atoms with van der Waals surface area (Å²) in [5, 5.41) is 8.05. The van der Waals surface area contributed by atoms with E-state index in [9.17, 15) is 0 Å². The van der Waals surface area contributed by atoms with Crippen molar-refractivity contribution < 1.29 is 0 Å². The van der Waals surface area contributed by atoms with Gasteiger partial charge >= 0.3 is 0 Å². The number of benzene rings is 2. The predicted octanol–water partition coefficient (Wildman–Crippen LogP) is 6.16. The van der Waals surface area contributed by atoms with Crippen molar-refractivity contribution in [2.24, 2.45) is 0 Å². The molecule has 160 valence electrons. The molecule has 0 fully saturated rings. The van der Waals surface area contributed by atoms with E-state index in [0.717, 1.165) is 57.7 Å². The van der Waals surface area contributed by atoms with Crippen molar-refractivity contribution in [2.45, 2.75) is 19.9 Å². The standard InChI is InChI=1S/C24H25Br2N5/c1-17-8-3-5-10-19(17)22-14-23(31-24(29-22)21(26)15-28-31)27-12-7-13-30(2)16-18-9-4-6-11-20(18)25/h3-6,8-11,14-15,27H,7,12-13,16H2,1-2H3. The van der Waals surface area contributed by atoms with Crippen LogP contribution < -0.4 is 5.32 Å². The molecule has 2 aromatic heterocycles. The Bertz CT molecular complexity index is 1190. The second-order valence-electron chi connectivity index (χ2n) is 7.68. The fourth-order valence-corrected chi connectivity index (χ4v) is 4.38. The molecular formula is C24H25Br2N5. The van der Waals surface area contributed by atoms with Crippen LogP contribution in [0.25, 0.3) is 16.9 Å². The minimum atomic E-state index is 0.814. The zero-order valence-corrected chi connectivity index (χ0v) is 20.8. The summed E-state index contributed by atoms with van der Waals surface area (Å²) in [6.07, 6.45) is 2.81. The minimum Gasteiger partial charge on any atom is -0.370 e. The first-order chi connectivity index (χ1) is 15.0. The number of anilines is 1. The largest absolute Gasteiger partial charge is 0.370 e. The van der Waals surface area contributed by atoms with Gasteiger partial charge in [0.15, 0.2) is 5.65 Å². The fraction of sp³-hybridized carbons (Fsp3) is 0.250. The number of nitrogens with one attached hydrogen (secondary N) is 1. The van der Waals surface area contributed by atoms with Gasteiger partial charge in [0.25, 0.3) is 0 Å². The molecule has 0 atom stereocenters. The molecule has 31 heavy (non-hydrogen) atoms. The van der Waals surface area contributed by atoms with Crippen molar-refractivity contribution >= 4 is 43.3 Å². The molecule has 4 aromatic rings. The van der Waals surface area contributed by atoms with Crippen LogP contribution in [0.1, 0.15) is 17.5 Å². The zero-order valence-electron chi connectivity index (χ0n) is 17.6. The molecular weight excluding hydrogens is 518 g/mol. The SMILES string of the molecule is Cc1ccccc1-c1cc(NCCCN(C)Cc2ccccc2Br)n2ncc(Br)c2n1. The average molecular weight is 543 g/mol. The van der Waals surface area contributed by atoms with Gasteiger partial charge in [0.1, 0.15) is 5.82 Å². The molecule has 0 unspecified atom stereocenters. The number of nitrogens with zero attached hydrogens (tertiary/aromatic N) is 4. The number of aryl methyl sites for hydroxylation is 1. The monoisotopic (exact) mass is 541 g/mol. The molecule has 0 aliphatic rings. The third kappa shape index (κ3) is 5.17. The Kier molecular flexibility index (Phi) is 7.05. The number of aromatic nitrogens is 3. The number of halogens is 2. The van der Waals surface area contributed by atoms with E-state index in [2.05, 4.69) is 104 Å². The van der Waals surface area contributed by atoms with Crippen molar-refractivity contribution in [1.82, 2.24) is 19.5 Å². The summed E-state index contributed by atoms with van der Waals surface area (Å²) in [5.74, 6) is 0.947. The maximum atomic E-state index is 4.84. The van der Waals surface area contributed by atoms with Crippen LogP contribution in [0.15, 0.2) is 69.7 Å². The summed E-state index contributed by atoms with van der Waals surface area (Å²) in [6.45, 7) is 4.88. The normalized spacial score (nSPS) is 11.4. The molecule has 0 bridgehead atoms. The third-order valence-corrected chi connectivity index (χ3v) is 6.60. The molecule has 0 amide bonds. The van der Waals surface area contributed by atoms with Crippen LogP contribution in [0, 0.1) is 6.92 Å². The van der Waals surface area contributed by atoms with Gasteiger partial charge in [0, 0.05) is 29.2 Å². The highest BCUT2D eigenvalue weighted by Crippen LogP contribution is 2.27. The maximum absolute atomic E-state index is 4.84. The van der Waals surface area contributed by atoms with Gasteiger partial charge in [-0.15, -0.1) is 0 Å². The molecule has 7 heteroatoms. The van der Waals surface area contributed by atoms with Gasteiger partial charge in [-0.1, -0.05) is 58.4 Å². The zero-order chi connectivity index (χ0) is 21.8. The van der Waals surface area contributed by atoms with Crippen molar-refractivity contribution in [2.75, 3.05) is 25.5 Å². The van der Waals surface area contributed by atoms with Crippen LogP contribution in [0.4, 0.5) is 5.82 Å². The molecule has 0 saturated carbocycles. The average Bonchev–Trinajstić information content (AvgIpc) is 3.14. The summed E-state index contributed by atoms with van der Waals surface area (Å²) < 4.78 is 3.91. The van der Waals surface area contributed by atoms with E-state index in [-0.39, 0.29) is 0 Å². The molecule has 1 N–H and O–H groups in total. The van der Waals surface area contributed by atoms with Gasteiger partial charge in [0.05, 0.1) is 16.4 Å². The Morgan fingerprint density at radius 2 is 1.81 bits per heavy atom. The second kappa shape index (κ2) is 9.94. The Morgan fingerprint density at radius 3 is 2.61 bits per heavy atom. The lowest BCUT2D eigenvalue weighted by atomic mass is 10.1. The Morgan fingerprint density at radius 1 is 1.03 bits per heavy atom. The third-order valence-electron chi connectivity index (χ3n) is 5.27. The smallest absolute Gasteiger partial charge is 0.172 e. The van der Waals surface area contributed by atoms with Crippen molar-refractivity contribution in [1.29, 1.82) is 0 Å². The van der Waals surface area contributed by atoms with Crippen molar-refractivity contribution in [3.63, 3.8) is 0 Å². The Labute approximate surface area is 199 Å². The molecule has 0 spiro atoms. The van der Waals surface area contributed by atoms with Crippen molar-refractivity contribution in [3.05, 3.63) is 80.9 Å². The van der Waals surface area contributed by atoms with Crippen LogP contribution in [0.3, 0.4) is 0 Å². The number of rotatable bonds is 8. The van der Waals surface area contributed by atoms with Crippen LogP contribution in [0.5, 0.6) is 0 Å². The van der Waals surface area contributed by atoms with E-state index in [0.29, 0.717) is 0 Å². The maximum Gasteiger partial charge on any atom is 0.172 e. The first-order valence-corrected chi connectivity index (χ1v) is 11.9. The summed E-state index contributed by atoms with van der Waals surface area (Å²) in [4.78, 5) is 7.18. The van der Waals surface area contributed by atoms with Crippen LogP contribution in [-0.2, 0) is 6.54 Å². The van der Waals surface area contributed by atoms with E-state index in [1.165, 1.54) is 11.1 Å². The fourth-order valence-electron chi connectivity index (χ4n) is 3.62. The molecule has 4 rings (SSSR count). The number of fused-ring (bicyclic) bond motifs is 1. The molecule has 0 saturated heterocycles.